The Hall–Kier alpha value is -3.28. The van der Waals surface area contributed by atoms with Crippen LogP contribution in [0.1, 0.15) is 19.3 Å². The predicted octanol–water partition coefficient (Wildman–Crippen LogP) is -1.08. The van der Waals surface area contributed by atoms with Gasteiger partial charge in [0.15, 0.2) is 22.9 Å². The number of carboxylic acid groups (broad SMARTS) is 1. The molecule has 1 atom stereocenters. The van der Waals surface area contributed by atoms with E-state index < -0.39 is 12.0 Å². The summed E-state index contributed by atoms with van der Waals surface area (Å²) in [6, 6.07) is -1.04. The molecular weight excluding hydrogens is 390 g/mol. The molecule has 0 radical (unpaired) electrons. The second-order valence-electron chi connectivity index (χ2n) is 7.47. The number of hydrogen-bond acceptors (Lipinski definition) is 9. The van der Waals surface area contributed by atoms with Crippen molar-refractivity contribution in [3.63, 3.8) is 0 Å². The largest absolute Gasteiger partial charge is 0.480 e. The first-order chi connectivity index (χ1) is 14.5. The highest BCUT2D eigenvalue weighted by Crippen LogP contribution is 2.26. The molecule has 1 unspecified atom stereocenters. The number of aliphatic imine (C=N–C) groups is 1. The molecule has 0 aliphatic carbocycles. The highest BCUT2D eigenvalue weighted by molar-refractivity contribution is 5.98. The molecule has 1 fully saturated rings. The van der Waals surface area contributed by atoms with Crippen LogP contribution in [0.15, 0.2) is 17.6 Å². The number of carboxylic acids is 1. The second-order valence-corrected chi connectivity index (χ2v) is 7.47. The number of aliphatic carboxylic acids is 1. The van der Waals surface area contributed by atoms with Crippen LogP contribution in [0.3, 0.4) is 0 Å². The Morgan fingerprint density at radius 1 is 1.30 bits per heavy atom. The number of piperidine rings is 1. The van der Waals surface area contributed by atoms with Gasteiger partial charge in [-0.15, -0.1) is 0 Å². The van der Waals surface area contributed by atoms with Gasteiger partial charge in [-0.2, -0.15) is 0 Å². The summed E-state index contributed by atoms with van der Waals surface area (Å²) in [5.74, 6) is 0.0655. The molecule has 4 rings (SSSR count). The fraction of sp³-hybridized carbons (Fsp3) is 0.556. The van der Waals surface area contributed by atoms with E-state index >= 15 is 0 Å². The highest BCUT2D eigenvalue weighted by atomic mass is 16.4. The smallest absolute Gasteiger partial charge is 0.322 e. The lowest BCUT2D eigenvalue weighted by atomic mass is 9.96. The number of amides is 1. The summed E-state index contributed by atoms with van der Waals surface area (Å²) < 4.78 is 1.62. The van der Waals surface area contributed by atoms with Crippen LogP contribution in [-0.2, 0) is 16.1 Å². The number of guanidine groups is 1. The molecule has 2 aromatic rings. The van der Waals surface area contributed by atoms with Gasteiger partial charge in [-0.25, -0.2) is 15.0 Å². The zero-order chi connectivity index (χ0) is 21.1. The molecule has 12 heteroatoms. The number of rotatable bonds is 5. The molecule has 4 heterocycles. The van der Waals surface area contributed by atoms with E-state index in [1.54, 1.807) is 4.57 Å². The van der Waals surface area contributed by atoms with Gasteiger partial charge in [0.2, 0.25) is 5.91 Å². The first-order valence-electron chi connectivity index (χ1n) is 10.0. The van der Waals surface area contributed by atoms with E-state index in [1.807, 2.05) is 0 Å². The maximum absolute atomic E-state index is 12.5. The number of aromatic nitrogens is 4. The molecule has 2 aromatic heterocycles. The molecule has 2 aliphatic rings. The van der Waals surface area contributed by atoms with Gasteiger partial charge in [-0.05, 0) is 19.3 Å². The molecule has 0 aromatic carbocycles. The maximum atomic E-state index is 12.5. The first kappa shape index (κ1) is 20.0. The van der Waals surface area contributed by atoms with Gasteiger partial charge < -0.3 is 25.6 Å². The highest BCUT2D eigenvalue weighted by Gasteiger charge is 2.28. The van der Waals surface area contributed by atoms with Crippen LogP contribution in [-0.4, -0.2) is 74.7 Å². The zero-order valence-corrected chi connectivity index (χ0v) is 16.5. The summed E-state index contributed by atoms with van der Waals surface area (Å²) >= 11 is 0. The van der Waals surface area contributed by atoms with E-state index in [2.05, 4.69) is 35.5 Å². The molecule has 1 amide bonds. The standard InChI is InChI=1S/C18H25N9O3/c19-12(17(29)30)8-27-10-24-13-14(22-9-23-15(13)27)26-6-2-11(3-7-26)16(28)25-18-20-4-1-5-21-18/h9-12H,1-8,19H2,(H,29,30)(H2,20,21,25,28). The summed E-state index contributed by atoms with van der Waals surface area (Å²) in [5, 5.41) is 15.0. The third kappa shape index (κ3) is 4.17. The number of nitrogens with two attached hydrogens (primary N) is 1. The average Bonchev–Trinajstić information content (AvgIpc) is 3.17. The van der Waals surface area contributed by atoms with Gasteiger partial charge in [0, 0.05) is 32.1 Å². The van der Waals surface area contributed by atoms with Gasteiger partial charge >= 0.3 is 5.97 Å². The van der Waals surface area contributed by atoms with Crippen LogP contribution < -0.4 is 21.3 Å². The Bertz CT molecular complexity index is 965. The molecule has 1 saturated heterocycles. The molecule has 5 N–H and O–H groups in total. The molecule has 2 aliphatic heterocycles. The quantitative estimate of drug-likeness (QED) is 0.475. The maximum Gasteiger partial charge on any atom is 0.322 e. The summed E-state index contributed by atoms with van der Waals surface area (Å²) in [4.78, 5) is 43.0. The van der Waals surface area contributed by atoms with Crippen molar-refractivity contribution in [2.75, 3.05) is 31.1 Å². The molecule has 12 nitrogen and oxygen atoms in total. The Morgan fingerprint density at radius 3 is 2.80 bits per heavy atom. The number of carbonyl (C=O) groups excluding carboxylic acids is 1. The summed E-state index contributed by atoms with van der Waals surface area (Å²) in [6.07, 6.45) is 5.32. The summed E-state index contributed by atoms with van der Waals surface area (Å²) in [7, 11) is 0. The zero-order valence-electron chi connectivity index (χ0n) is 16.5. The van der Waals surface area contributed by atoms with E-state index in [0.29, 0.717) is 48.9 Å². The average molecular weight is 415 g/mol. The predicted molar refractivity (Wildman–Crippen MR) is 109 cm³/mol. The lowest BCUT2D eigenvalue weighted by Crippen LogP contribution is -2.48. The number of hydrogen-bond donors (Lipinski definition) is 4. The van der Waals surface area contributed by atoms with Crippen molar-refractivity contribution in [2.45, 2.75) is 31.8 Å². The van der Waals surface area contributed by atoms with Gasteiger partial charge in [0.1, 0.15) is 12.4 Å². The van der Waals surface area contributed by atoms with Crippen LogP contribution in [0.4, 0.5) is 5.82 Å². The van der Waals surface area contributed by atoms with E-state index in [-0.39, 0.29) is 18.4 Å². The lowest BCUT2D eigenvalue weighted by Gasteiger charge is -2.32. The lowest BCUT2D eigenvalue weighted by molar-refractivity contribution is -0.138. The number of fused-ring (bicyclic) bond motifs is 1. The molecular formula is C18H25N9O3. The van der Waals surface area contributed by atoms with E-state index in [4.69, 9.17) is 10.8 Å². The second kappa shape index (κ2) is 8.61. The third-order valence-corrected chi connectivity index (χ3v) is 5.40. The Balaban J connectivity index is 1.42. The number of imidazole rings is 1. The number of nitrogens with zero attached hydrogens (tertiary/aromatic N) is 6. The minimum Gasteiger partial charge on any atom is -0.480 e. The van der Waals surface area contributed by atoms with Crippen molar-refractivity contribution in [3.8, 4) is 0 Å². The number of carbonyl (C=O) groups is 2. The van der Waals surface area contributed by atoms with Gasteiger partial charge in [-0.3, -0.25) is 19.9 Å². The van der Waals surface area contributed by atoms with Crippen LogP contribution in [0.5, 0.6) is 0 Å². The minimum atomic E-state index is -1.08. The van der Waals surface area contributed by atoms with Crippen molar-refractivity contribution in [1.82, 2.24) is 30.2 Å². The minimum absolute atomic E-state index is 0.0115. The van der Waals surface area contributed by atoms with Crippen molar-refractivity contribution < 1.29 is 14.7 Å². The Kier molecular flexibility index (Phi) is 5.74. The van der Waals surface area contributed by atoms with Crippen LogP contribution >= 0.6 is 0 Å². The third-order valence-electron chi connectivity index (χ3n) is 5.40. The van der Waals surface area contributed by atoms with E-state index in [9.17, 15) is 9.59 Å². The van der Waals surface area contributed by atoms with E-state index in [0.717, 1.165) is 19.5 Å². The number of nitrogens with one attached hydrogen (secondary N) is 2. The van der Waals surface area contributed by atoms with Gasteiger partial charge in [-0.1, -0.05) is 0 Å². The van der Waals surface area contributed by atoms with Crippen LogP contribution in [0.25, 0.3) is 11.2 Å². The van der Waals surface area contributed by atoms with Crippen molar-refractivity contribution in [3.05, 3.63) is 12.7 Å². The molecule has 160 valence electrons. The first-order valence-corrected chi connectivity index (χ1v) is 10.0. The molecule has 0 spiro atoms. The molecule has 0 bridgehead atoms. The fourth-order valence-electron chi connectivity index (χ4n) is 3.71. The number of anilines is 1. The topological polar surface area (TPSA) is 164 Å². The Labute approximate surface area is 172 Å². The normalized spacial score (nSPS) is 18.6. The van der Waals surface area contributed by atoms with Crippen LogP contribution in [0.2, 0.25) is 0 Å². The molecule has 30 heavy (non-hydrogen) atoms. The van der Waals surface area contributed by atoms with Gasteiger partial charge in [0.05, 0.1) is 12.9 Å². The fourth-order valence-corrected chi connectivity index (χ4v) is 3.71. The SMILES string of the molecule is NC(Cn1cnc2c(N3CCC(C(=O)NC4=NCCCN4)CC3)ncnc21)C(=O)O. The van der Waals surface area contributed by atoms with Crippen molar-refractivity contribution in [1.29, 1.82) is 0 Å². The van der Waals surface area contributed by atoms with Gasteiger partial charge in [0.25, 0.3) is 0 Å². The van der Waals surface area contributed by atoms with Crippen molar-refractivity contribution in [2.24, 2.45) is 16.6 Å². The van der Waals surface area contributed by atoms with E-state index in [1.165, 1.54) is 12.7 Å². The summed E-state index contributed by atoms with van der Waals surface area (Å²) in [5.41, 5.74) is 6.77. The molecule has 0 saturated carbocycles. The van der Waals surface area contributed by atoms with Crippen LogP contribution in [0, 0.1) is 5.92 Å². The Morgan fingerprint density at radius 2 is 2.10 bits per heavy atom. The summed E-state index contributed by atoms with van der Waals surface area (Å²) in [6.45, 7) is 2.94. The monoisotopic (exact) mass is 415 g/mol. The van der Waals surface area contributed by atoms with Crippen molar-refractivity contribution >= 4 is 34.8 Å².